The number of nitrogens with zero attached hydrogens (tertiary/aromatic N) is 2. The van der Waals surface area contributed by atoms with E-state index in [1.54, 1.807) is 48.5 Å². The van der Waals surface area contributed by atoms with Gasteiger partial charge in [-0.15, -0.1) is 0 Å². The second-order valence-electron chi connectivity index (χ2n) is 6.96. The lowest BCUT2D eigenvalue weighted by Gasteiger charge is -2.13. The van der Waals surface area contributed by atoms with Gasteiger partial charge in [-0.1, -0.05) is 17.7 Å². The van der Waals surface area contributed by atoms with E-state index in [1.807, 2.05) is 6.92 Å². The Balaban J connectivity index is 1.74. The van der Waals surface area contributed by atoms with Gasteiger partial charge >= 0.3 is 0 Å². The van der Waals surface area contributed by atoms with Gasteiger partial charge in [0.05, 0.1) is 23.2 Å². The highest BCUT2D eigenvalue weighted by Gasteiger charge is 2.11. The van der Waals surface area contributed by atoms with Crippen LogP contribution in [0, 0.1) is 21.4 Å². The Hall–Kier alpha value is -4.35. The second kappa shape index (κ2) is 11.5. The van der Waals surface area contributed by atoms with Crippen molar-refractivity contribution in [2.45, 2.75) is 6.92 Å². The van der Waals surface area contributed by atoms with E-state index in [-0.39, 0.29) is 18.2 Å². The number of amides is 1. The number of anilines is 1. The summed E-state index contributed by atoms with van der Waals surface area (Å²) in [5, 5.41) is 23.7. The Kier molecular flexibility index (Phi) is 8.21. The van der Waals surface area contributed by atoms with Crippen molar-refractivity contribution in [1.82, 2.24) is 0 Å². The molecule has 34 heavy (non-hydrogen) atoms. The van der Waals surface area contributed by atoms with Gasteiger partial charge in [-0.05, 0) is 72.7 Å². The third-order valence-corrected chi connectivity index (χ3v) is 4.83. The Bertz CT molecular complexity index is 1250. The quantitative estimate of drug-likeness (QED) is 0.182. The fourth-order valence-corrected chi connectivity index (χ4v) is 3.11. The predicted molar refractivity (Wildman–Crippen MR) is 130 cm³/mol. The summed E-state index contributed by atoms with van der Waals surface area (Å²) < 4.78 is 11.3. The van der Waals surface area contributed by atoms with Crippen LogP contribution in [0.1, 0.15) is 18.1 Å². The minimum atomic E-state index is -0.498. The molecule has 0 aliphatic rings. The largest absolute Gasteiger partial charge is 0.490 e. The Morgan fingerprint density at radius 1 is 1.09 bits per heavy atom. The number of hydrogen-bond donors (Lipinski definition) is 1. The van der Waals surface area contributed by atoms with Crippen LogP contribution in [0.15, 0.2) is 66.7 Å². The topological polar surface area (TPSA) is 114 Å². The molecule has 1 N–H and O–H groups in total. The van der Waals surface area contributed by atoms with Gasteiger partial charge in [0, 0.05) is 22.8 Å². The van der Waals surface area contributed by atoms with E-state index in [0.717, 1.165) is 0 Å². The highest BCUT2D eigenvalue weighted by molar-refractivity contribution is 6.30. The second-order valence-corrected chi connectivity index (χ2v) is 7.39. The minimum absolute atomic E-state index is 0.0544. The smallest absolute Gasteiger partial charge is 0.269 e. The normalized spacial score (nSPS) is 10.8. The molecule has 0 aromatic heterocycles. The molecule has 172 valence electrons. The van der Waals surface area contributed by atoms with Crippen molar-refractivity contribution >= 4 is 40.5 Å². The SMILES string of the molecule is CCOc1cc(/C=C(\C#N)c2ccc([N+](=O)[O-])cc2)ccc1OCC(=O)Nc1ccc(Cl)cc1. The van der Waals surface area contributed by atoms with Crippen molar-refractivity contribution in [1.29, 1.82) is 5.26 Å². The number of carbonyl (C=O) groups is 1. The zero-order valence-electron chi connectivity index (χ0n) is 18.2. The maximum Gasteiger partial charge on any atom is 0.269 e. The number of nitro benzene ring substituents is 1. The molecule has 0 fully saturated rings. The number of nitrogens with one attached hydrogen (secondary N) is 1. The number of carbonyl (C=O) groups excluding carboxylic acids is 1. The van der Waals surface area contributed by atoms with E-state index < -0.39 is 4.92 Å². The highest BCUT2D eigenvalue weighted by Crippen LogP contribution is 2.30. The lowest BCUT2D eigenvalue weighted by Crippen LogP contribution is -2.20. The predicted octanol–water partition coefficient (Wildman–Crippen LogP) is 5.73. The average Bonchev–Trinajstić information content (AvgIpc) is 2.83. The van der Waals surface area contributed by atoms with Gasteiger partial charge in [-0.25, -0.2) is 0 Å². The van der Waals surface area contributed by atoms with Crippen molar-refractivity contribution in [3.8, 4) is 17.6 Å². The molecule has 0 aliphatic heterocycles. The third-order valence-electron chi connectivity index (χ3n) is 4.57. The molecule has 0 atom stereocenters. The van der Waals surface area contributed by atoms with Crippen LogP contribution >= 0.6 is 11.6 Å². The van der Waals surface area contributed by atoms with Crippen LogP contribution in [-0.2, 0) is 4.79 Å². The number of halogens is 1. The fraction of sp³-hybridized carbons (Fsp3) is 0.120. The van der Waals surface area contributed by atoms with E-state index in [0.29, 0.717) is 45.5 Å². The molecular formula is C25H20ClN3O5. The zero-order chi connectivity index (χ0) is 24.5. The maximum absolute atomic E-state index is 12.2. The summed E-state index contributed by atoms with van der Waals surface area (Å²) in [7, 11) is 0. The molecule has 0 unspecified atom stereocenters. The van der Waals surface area contributed by atoms with E-state index in [1.165, 1.54) is 24.3 Å². The Morgan fingerprint density at radius 2 is 1.79 bits per heavy atom. The molecular weight excluding hydrogens is 458 g/mol. The molecule has 0 saturated heterocycles. The average molecular weight is 478 g/mol. The van der Waals surface area contributed by atoms with E-state index in [4.69, 9.17) is 21.1 Å². The van der Waals surface area contributed by atoms with Gasteiger partial charge in [0.15, 0.2) is 18.1 Å². The number of rotatable bonds is 9. The van der Waals surface area contributed by atoms with Crippen LogP contribution in [0.4, 0.5) is 11.4 Å². The molecule has 3 aromatic rings. The first-order valence-corrected chi connectivity index (χ1v) is 10.6. The first-order chi connectivity index (χ1) is 16.4. The Morgan fingerprint density at radius 3 is 2.41 bits per heavy atom. The summed E-state index contributed by atoms with van der Waals surface area (Å²) in [5.74, 6) is 0.439. The molecule has 0 heterocycles. The maximum atomic E-state index is 12.2. The van der Waals surface area contributed by atoms with Crippen molar-refractivity contribution in [2.75, 3.05) is 18.5 Å². The highest BCUT2D eigenvalue weighted by atomic mass is 35.5. The van der Waals surface area contributed by atoms with Gasteiger partial charge in [-0.3, -0.25) is 14.9 Å². The summed E-state index contributed by atoms with van der Waals surface area (Å²) in [6, 6.07) is 19.6. The van der Waals surface area contributed by atoms with Crippen LogP contribution in [-0.4, -0.2) is 24.0 Å². The van der Waals surface area contributed by atoms with Crippen molar-refractivity contribution < 1.29 is 19.2 Å². The summed E-state index contributed by atoms with van der Waals surface area (Å²) in [5.41, 5.74) is 2.08. The standard InChI is InChI=1S/C25H20ClN3O5/c1-2-33-24-14-17(13-19(15-27)18-4-10-22(11-5-18)29(31)32)3-12-23(24)34-16-25(30)28-21-8-6-20(26)7-9-21/h3-14H,2,16H2,1H3,(H,28,30)/b19-13+. The van der Waals surface area contributed by atoms with Crippen molar-refractivity contribution in [2.24, 2.45) is 0 Å². The van der Waals surface area contributed by atoms with Crippen LogP contribution < -0.4 is 14.8 Å². The number of non-ortho nitro benzene ring substituents is 1. The lowest BCUT2D eigenvalue weighted by atomic mass is 10.0. The molecule has 0 aliphatic carbocycles. The van der Waals surface area contributed by atoms with Gasteiger partial charge in [0.1, 0.15) is 0 Å². The molecule has 9 heteroatoms. The van der Waals surface area contributed by atoms with Gasteiger partial charge in [0.25, 0.3) is 11.6 Å². The monoisotopic (exact) mass is 477 g/mol. The summed E-state index contributed by atoms with van der Waals surface area (Å²) in [6.07, 6.45) is 1.64. The van der Waals surface area contributed by atoms with Crippen molar-refractivity contribution in [3.05, 3.63) is 93.0 Å². The number of ether oxygens (including phenoxy) is 2. The van der Waals surface area contributed by atoms with E-state index >= 15 is 0 Å². The van der Waals surface area contributed by atoms with E-state index in [2.05, 4.69) is 11.4 Å². The zero-order valence-corrected chi connectivity index (χ0v) is 18.9. The fourth-order valence-electron chi connectivity index (χ4n) is 2.99. The van der Waals surface area contributed by atoms with Gasteiger partial charge < -0.3 is 14.8 Å². The van der Waals surface area contributed by atoms with Crippen LogP contribution in [0.25, 0.3) is 11.6 Å². The first-order valence-electron chi connectivity index (χ1n) is 10.2. The number of hydrogen-bond acceptors (Lipinski definition) is 6. The summed E-state index contributed by atoms with van der Waals surface area (Å²) in [6.45, 7) is 1.95. The van der Waals surface area contributed by atoms with Crippen LogP contribution in [0.2, 0.25) is 5.02 Å². The Labute approximate surface area is 201 Å². The molecule has 0 radical (unpaired) electrons. The third kappa shape index (κ3) is 6.58. The van der Waals surface area contributed by atoms with Gasteiger partial charge in [0.2, 0.25) is 0 Å². The molecule has 0 bridgehead atoms. The van der Waals surface area contributed by atoms with Crippen LogP contribution in [0.3, 0.4) is 0 Å². The lowest BCUT2D eigenvalue weighted by molar-refractivity contribution is -0.384. The summed E-state index contributed by atoms with van der Waals surface area (Å²) in [4.78, 5) is 22.6. The number of nitro groups is 1. The van der Waals surface area contributed by atoms with Crippen LogP contribution in [0.5, 0.6) is 11.5 Å². The number of nitriles is 1. The molecule has 0 saturated carbocycles. The number of allylic oxidation sites excluding steroid dienone is 1. The summed E-state index contributed by atoms with van der Waals surface area (Å²) >= 11 is 5.84. The molecule has 3 rings (SSSR count). The molecule has 8 nitrogen and oxygen atoms in total. The molecule has 3 aromatic carbocycles. The minimum Gasteiger partial charge on any atom is -0.490 e. The van der Waals surface area contributed by atoms with Gasteiger partial charge in [-0.2, -0.15) is 5.26 Å². The number of benzene rings is 3. The first kappa shape index (κ1) is 24.3. The van der Waals surface area contributed by atoms with E-state index in [9.17, 15) is 20.2 Å². The molecule has 1 amide bonds. The molecule has 0 spiro atoms. The van der Waals surface area contributed by atoms with Crippen molar-refractivity contribution in [3.63, 3.8) is 0 Å².